The van der Waals surface area contributed by atoms with Crippen molar-refractivity contribution in [2.75, 3.05) is 32.1 Å². The SMILES string of the molecule is COc1ccc(N(C)CC2(CN)CCC2)cc1Cl. The van der Waals surface area contributed by atoms with E-state index < -0.39 is 0 Å². The van der Waals surface area contributed by atoms with Gasteiger partial charge in [-0.25, -0.2) is 0 Å². The largest absolute Gasteiger partial charge is 0.495 e. The summed E-state index contributed by atoms with van der Waals surface area (Å²) in [5, 5.41) is 0.650. The molecule has 1 aromatic rings. The Balaban J connectivity index is 2.09. The molecule has 0 bridgehead atoms. The van der Waals surface area contributed by atoms with Crippen LogP contribution in [0.3, 0.4) is 0 Å². The van der Waals surface area contributed by atoms with Gasteiger partial charge >= 0.3 is 0 Å². The van der Waals surface area contributed by atoms with Gasteiger partial charge in [0.25, 0.3) is 0 Å². The predicted molar refractivity (Wildman–Crippen MR) is 76.6 cm³/mol. The van der Waals surface area contributed by atoms with E-state index in [4.69, 9.17) is 22.1 Å². The lowest BCUT2D eigenvalue weighted by molar-refractivity contribution is 0.154. The second-order valence-corrected chi connectivity index (χ2v) is 5.64. The molecular weight excluding hydrogens is 248 g/mol. The Morgan fingerprint density at radius 3 is 2.61 bits per heavy atom. The molecule has 0 amide bonds. The van der Waals surface area contributed by atoms with Crippen molar-refractivity contribution in [1.29, 1.82) is 0 Å². The number of hydrogen-bond acceptors (Lipinski definition) is 3. The Morgan fingerprint density at radius 1 is 1.44 bits per heavy atom. The average molecular weight is 269 g/mol. The highest BCUT2D eigenvalue weighted by Gasteiger charge is 2.36. The molecule has 2 N–H and O–H groups in total. The highest BCUT2D eigenvalue weighted by Crippen LogP contribution is 2.41. The summed E-state index contributed by atoms with van der Waals surface area (Å²) in [6.07, 6.45) is 3.77. The fourth-order valence-electron chi connectivity index (χ4n) is 2.59. The lowest BCUT2D eigenvalue weighted by Crippen LogP contribution is -2.46. The van der Waals surface area contributed by atoms with Gasteiger partial charge in [0.1, 0.15) is 5.75 Å². The van der Waals surface area contributed by atoms with E-state index in [0.29, 0.717) is 16.2 Å². The van der Waals surface area contributed by atoms with E-state index >= 15 is 0 Å². The fraction of sp³-hybridized carbons (Fsp3) is 0.571. The maximum absolute atomic E-state index is 6.15. The Hall–Kier alpha value is -0.930. The van der Waals surface area contributed by atoms with Crippen molar-refractivity contribution in [3.63, 3.8) is 0 Å². The molecule has 1 aliphatic carbocycles. The molecule has 0 radical (unpaired) electrons. The first-order valence-electron chi connectivity index (χ1n) is 6.35. The van der Waals surface area contributed by atoms with Crippen LogP contribution in [0, 0.1) is 5.41 Å². The Morgan fingerprint density at radius 2 is 2.17 bits per heavy atom. The summed E-state index contributed by atoms with van der Waals surface area (Å²) in [5.41, 5.74) is 7.32. The minimum absolute atomic E-state index is 0.307. The molecule has 18 heavy (non-hydrogen) atoms. The number of halogens is 1. The van der Waals surface area contributed by atoms with Crippen LogP contribution < -0.4 is 15.4 Å². The average Bonchev–Trinajstić information content (AvgIpc) is 2.33. The number of anilines is 1. The van der Waals surface area contributed by atoms with E-state index in [1.807, 2.05) is 18.2 Å². The summed E-state index contributed by atoms with van der Waals surface area (Å²) >= 11 is 6.15. The van der Waals surface area contributed by atoms with Gasteiger partial charge in [0.2, 0.25) is 0 Å². The number of hydrogen-bond donors (Lipinski definition) is 1. The van der Waals surface area contributed by atoms with Gasteiger partial charge in [0.15, 0.2) is 0 Å². The first kappa shape index (κ1) is 13.5. The van der Waals surface area contributed by atoms with Gasteiger partial charge in [0.05, 0.1) is 12.1 Å². The van der Waals surface area contributed by atoms with Crippen LogP contribution in [-0.4, -0.2) is 27.2 Å². The molecule has 4 heteroatoms. The van der Waals surface area contributed by atoms with Crippen LogP contribution in [0.4, 0.5) is 5.69 Å². The molecule has 100 valence electrons. The summed E-state index contributed by atoms with van der Waals surface area (Å²) in [5.74, 6) is 0.714. The molecule has 1 aromatic carbocycles. The van der Waals surface area contributed by atoms with Crippen molar-refractivity contribution in [3.8, 4) is 5.75 Å². The minimum Gasteiger partial charge on any atom is -0.495 e. The second-order valence-electron chi connectivity index (χ2n) is 5.23. The van der Waals surface area contributed by atoms with Crippen LogP contribution in [0.25, 0.3) is 0 Å². The van der Waals surface area contributed by atoms with Gasteiger partial charge in [-0.05, 0) is 37.6 Å². The molecule has 0 atom stereocenters. The van der Waals surface area contributed by atoms with Gasteiger partial charge in [-0.3, -0.25) is 0 Å². The van der Waals surface area contributed by atoms with Crippen molar-refractivity contribution < 1.29 is 4.74 Å². The molecule has 0 spiro atoms. The Kier molecular flexibility index (Phi) is 4.03. The van der Waals surface area contributed by atoms with Crippen LogP contribution >= 0.6 is 11.6 Å². The first-order chi connectivity index (χ1) is 8.60. The number of benzene rings is 1. The zero-order valence-corrected chi connectivity index (χ0v) is 11.8. The van der Waals surface area contributed by atoms with Gasteiger partial charge in [0, 0.05) is 24.7 Å². The summed E-state index contributed by atoms with van der Waals surface area (Å²) in [6.45, 7) is 1.76. The lowest BCUT2D eigenvalue weighted by atomic mass is 9.68. The number of nitrogens with two attached hydrogens (primary N) is 1. The number of nitrogens with zero attached hydrogens (tertiary/aromatic N) is 1. The quantitative estimate of drug-likeness (QED) is 0.892. The number of ether oxygens (including phenoxy) is 1. The van der Waals surface area contributed by atoms with E-state index in [-0.39, 0.29) is 0 Å². The number of methoxy groups -OCH3 is 1. The van der Waals surface area contributed by atoms with Gasteiger partial charge in [-0.15, -0.1) is 0 Å². The summed E-state index contributed by atoms with van der Waals surface area (Å²) < 4.78 is 5.16. The first-order valence-corrected chi connectivity index (χ1v) is 6.73. The third-order valence-corrected chi connectivity index (χ3v) is 4.29. The van der Waals surface area contributed by atoms with E-state index in [1.54, 1.807) is 7.11 Å². The van der Waals surface area contributed by atoms with Crippen molar-refractivity contribution in [1.82, 2.24) is 0 Å². The van der Waals surface area contributed by atoms with E-state index in [0.717, 1.165) is 18.8 Å². The fourth-order valence-corrected chi connectivity index (χ4v) is 2.84. The van der Waals surface area contributed by atoms with Crippen LogP contribution in [0.5, 0.6) is 5.75 Å². The molecule has 0 saturated heterocycles. The summed E-state index contributed by atoms with van der Waals surface area (Å²) in [6, 6.07) is 5.89. The molecule has 3 nitrogen and oxygen atoms in total. The van der Waals surface area contributed by atoms with Crippen molar-refractivity contribution in [2.24, 2.45) is 11.1 Å². The van der Waals surface area contributed by atoms with Crippen LogP contribution in [0.2, 0.25) is 5.02 Å². The summed E-state index contributed by atoms with van der Waals surface area (Å²) in [7, 11) is 3.72. The molecule has 1 aliphatic rings. The third-order valence-electron chi connectivity index (χ3n) is 4.00. The van der Waals surface area contributed by atoms with Crippen LogP contribution in [0.1, 0.15) is 19.3 Å². The molecule has 0 unspecified atom stereocenters. The van der Waals surface area contributed by atoms with Crippen molar-refractivity contribution in [2.45, 2.75) is 19.3 Å². The topological polar surface area (TPSA) is 38.5 Å². The van der Waals surface area contributed by atoms with Gasteiger partial charge in [-0.2, -0.15) is 0 Å². The standard InChI is InChI=1S/C14H21ClN2O/c1-17(10-14(9-16)6-3-7-14)11-4-5-13(18-2)12(15)8-11/h4-5,8H,3,6-7,9-10,16H2,1-2H3. The van der Waals surface area contributed by atoms with E-state index in [1.165, 1.54) is 19.3 Å². The third kappa shape index (κ3) is 2.57. The second kappa shape index (κ2) is 5.37. The highest BCUT2D eigenvalue weighted by atomic mass is 35.5. The molecule has 1 saturated carbocycles. The number of rotatable bonds is 5. The highest BCUT2D eigenvalue weighted by molar-refractivity contribution is 6.32. The normalized spacial score (nSPS) is 17.1. The van der Waals surface area contributed by atoms with Gasteiger partial charge < -0.3 is 15.4 Å². The van der Waals surface area contributed by atoms with Crippen LogP contribution in [0.15, 0.2) is 18.2 Å². The van der Waals surface area contributed by atoms with E-state index in [2.05, 4.69) is 11.9 Å². The Bertz CT molecular complexity index is 413. The zero-order chi connectivity index (χ0) is 13.2. The van der Waals surface area contributed by atoms with Crippen LogP contribution in [-0.2, 0) is 0 Å². The van der Waals surface area contributed by atoms with Crippen molar-refractivity contribution in [3.05, 3.63) is 23.2 Å². The minimum atomic E-state index is 0.307. The van der Waals surface area contributed by atoms with Gasteiger partial charge in [-0.1, -0.05) is 18.0 Å². The predicted octanol–water partition coefficient (Wildman–Crippen LogP) is 2.91. The van der Waals surface area contributed by atoms with E-state index in [9.17, 15) is 0 Å². The zero-order valence-electron chi connectivity index (χ0n) is 11.1. The maximum Gasteiger partial charge on any atom is 0.137 e. The molecule has 0 heterocycles. The molecule has 2 rings (SSSR count). The smallest absolute Gasteiger partial charge is 0.137 e. The molecule has 1 fully saturated rings. The lowest BCUT2D eigenvalue weighted by Gasteiger charge is -2.44. The monoisotopic (exact) mass is 268 g/mol. The maximum atomic E-state index is 6.15. The molecule has 0 aromatic heterocycles. The summed E-state index contributed by atoms with van der Waals surface area (Å²) in [4.78, 5) is 2.23. The molecule has 0 aliphatic heterocycles. The molecular formula is C14H21ClN2O. The Labute approximate surface area is 114 Å². The van der Waals surface area contributed by atoms with Crippen molar-refractivity contribution >= 4 is 17.3 Å².